The van der Waals surface area contributed by atoms with Crippen molar-refractivity contribution in [2.24, 2.45) is 35.1 Å². The first-order chi connectivity index (χ1) is 24.5. The van der Waals surface area contributed by atoms with Crippen molar-refractivity contribution >= 4 is 39.1 Å². The van der Waals surface area contributed by atoms with Crippen LogP contribution >= 0.6 is 11.6 Å². The quantitative estimate of drug-likeness (QED) is 0.321. The number of nitrogens with zero attached hydrogens (tertiary/aromatic N) is 5. The number of ether oxygens (including phenoxy) is 2. The van der Waals surface area contributed by atoms with Gasteiger partial charge in [-0.25, -0.2) is 9.19 Å². The van der Waals surface area contributed by atoms with Gasteiger partial charge in [-0.15, -0.1) is 4.36 Å². The Morgan fingerprint density at radius 3 is 2.76 bits per heavy atom. The highest BCUT2D eigenvalue weighted by Crippen LogP contribution is 2.61. The van der Waals surface area contributed by atoms with Gasteiger partial charge in [-0.3, -0.25) is 19.0 Å². The molecule has 13 heteroatoms. The van der Waals surface area contributed by atoms with E-state index in [1.165, 1.54) is 28.2 Å². The largest absolute Gasteiger partial charge is 0.489 e. The highest BCUT2D eigenvalue weighted by atomic mass is 35.5. The Bertz CT molecular complexity index is 2040. The molecular formula is C38H45ClN6O5S. The number of aromatic nitrogens is 3. The summed E-state index contributed by atoms with van der Waals surface area (Å²) in [6, 6.07) is 9.67. The molecule has 8 rings (SSSR count). The number of halogens is 1. The van der Waals surface area contributed by atoms with Gasteiger partial charge in [0.05, 0.1) is 29.7 Å². The van der Waals surface area contributed by atoms with Gasteiger partial charge in [0.2, 0.25) is 0 Å². The molecule has 2 aromatic heterocycles. The molecule has 1 aromatic carbocycles. The average Bonchev–Trinajstić information content (AvgIpc) is 3.78. The number of methoxy groups -OCH3 is 1. The number of carbonyl (C=O) groups excluding carboxylic acids is 2. The summed E-state index contributed by atoms with van der Waals surface area (Å²) in [5, 5.41) is 4.15. The van der Waals surface area contributed by atoms with E-state index < -0.39 is 27.0 Å². The van der Waals surface area contributed by atoms with Crippen LogP contribution < -0.4 is 14.4 Å². The summed E-state index contributed by atoms with van der Waals surface area (Å²) in [6.07, 6.45) is 11.9. The van der Waals surface area contributed by atoms with Gasteiger partial charge < -0.3 is 14.4 Å². The van der Waals surface area contributed by atoms with Gasteiger partial charge in [-0.1, -0.05) is 36.7 Å². The van der Waals surface area contributed by atoms with Crippen molar-refractivity contribution in [1.82, 2.24) is 19.5 Å². The van der Waals surface area contributed by atoms with E-state index in [2.05, 4.69) is 43.4 Å². The van der Waals surface area contributed by atoms with Crippen LogP contribution in [0.3, 0.4) is 0 Å². The molecule has 5 aliphatic rings. The summed E-state index contributed by atoms with van der Waals surface area (Å²) in [4.78, 5) is 34.6. The van der Waals surface area contributed by atoms with E-state index >= 15 is 0 Å². The van der Waals surface area contributed by atoms with E-state index in [0.717, 1.165) is 37.3 Å². The molecule has 1 spiro atoms. The second-order valence-electron chi connectivity index (χ2n) is 15.4. The van der Waals surface area contributed by atoms with Gasteiger partial charge >= 0.3 is 5.91 Å². The molecule has 4 heterocycles. The van der Waals surface area contributed by atoms with Crippen LogP contribution in [0.4, 0.5) is 5.82 Å². The minimum atomic E-state index is -3.63. The van der Waals surface area contributed by atoms with E-state index in [0.29, 0.717) is 54.8 Å². The Hall–Kier alpha value is -3.74. The van der Waals surface area contributed by atoms with Crippen LogP contribution in [-0.2, 0) is 27.1 Å². The van der Waals surface area contributed by atoms with Crippen LogP contribution in [0.25, 0.3) is 0 Å². The number of hydrogen-bond donors (Lipinski definition) is 1. The maximum atomic E-state index is 14.7. The zero-order valence-corrected chi connectivity index (χ0v) is 31.0. The highest BCUT2D eigenvalue weighted by molar-refractivity contribution is 7.93. The maximum absolute atomic E-state index is 14.7. The predicted octanol–water partition coefficient (Wildman–Crippen LogP) is 6.09. The fraction of sp³-hybridized carbons (Fsp3) is 0.526. The van der Waals surface area contributed by atoms with Crippen molar-refractivity contribution < 1.29 is 23.3 Å². The lowest BCUT2D eigenvalue weighted by molar-refractivity contribution is 0.0131. The average molecular weight is 733 g/mol. The molecule has 2 aliphatic heterocycles. The van der Waals surface area contributed by atoms with Gasteiger partial charge in [0.15, 0.2) is 11.6 Å². The number of benzene rings is 1. The Balaban J connectivity index is 1.22. The van der Waals surface area contributed by atoms with E-state index in [4.69, 9.17) is 26.1 Å². The third kappa shape index (κ3) is 6.27. The number of nitrogens with one attached hydrogen (secondary N) is 1. The Morgan fingerprint density at radius 2 is 2.02 bits per heavy atom. The number of fused-ring (bicyclic) bond motifs is 6. The van der Waals surface area contributed by atoms with Crippen molar-refractivity contribution in [2.45, 2.75) is 68.6 Å². The molecule has 0 saturated heterocycles. The predicted molar refractivity (Wildman–Crippen MR) is 196 cm³/mol. The van der Waals surface area contributed by atoms with Crippen LogP contribution in [-0.4, -0.2) is 68.9 Å². The first-order valence-corrected chi connectivity index (χ1v) is 19.9. The smallest absolute Gasteiger partial charge is 0.305 e. The minimum Gasteiger partial charge on any atom is -0.489 e. The molecule has 2 saturated carbocycles. The molecule has 51 heavy (non-hydrogen) atoms. The molecule has 9 atom stereocenters. The maximum Gasteiger partial charge on any atom is 0.305 e. The van der Waals surface area contributed by atoms with E-state index in [1.807, 2.05) is 13.0 Å². The fourth-order valence-corrected chi connectivity index (χ4v) is 10.8. The lowest BCUT2D eigenvalue weighted by Crippen LogP contribution is -2.50. The third-order valence-electron chi connectivity index (χ3n) is 12.1. The number of carbonyl (C=O) groups is 2. The number of hydrogen-bond acceptors (Lipinski definition) is 8. The molecular weight excluding hydrogens is 688 g/mol. The summed E-state index contributed by atoms with van der Waals surface area (Å²) in [5.41, 5.74) is 2.59. The molecule has 2 fully saturated rings. The molecule has 1 N–H and O–H groups in total. The van der Waals surface area contributed by atoms with Crippen LogP contribution in [0.1, 0.15) is 83.8 Å². The standard InChI is InChI=1S/C38H45ClN6O5S/c1-22-6-5-7-33(49-4)28-10-8-24(28)19-45-20-38(16-25-14-29(25)30-15-27(39)9-11-31(30)38)21-50-34-13-12-32(41-35(34)45)37(47)43-51(48,23(22)2)42-36(46)26-17-40-44(3)18-26/h5,7,9,11-13,15,17-18,22-25,28-29,33H,6,8,10,14,16,19-21H2,1-4H3,(H,42,43,46,47,48)/b7-5+/t22-,23+,24-,25-,28+,29-,33-,38-,51?/m0/s1. The normalized spacial score (nSPS) is 34.8. The number of amides is 2. The summed E-state index contributed by atoms with van der Waals surface area (Å²) >= 11 is 6.53. The summed E-state index contributed by atoms with van der Waals surface area (Å²) in [5.74, 6) is 1.39. The number of allylic oxidation sites excluding steroid dienone is 1. The Labute approximate surface area is 304 Å². The van der Waals surface area contributed by atoms with Crippen LogP contribution in [0.15, 0.2) is 59.2 Å². The van der Waals surface area contributed by atoms with Gasteiger partial charge in [0.25, 0.3) is 5.91 Å². The van der Waals surface area contributed by atoms with Crippen molar-refractivity contribution in [3.63, 3.8) is 0 Å². The molecule has 2 amide bonds. The zero-order chi connectivity index (χ0) is 35.7. The molecule has 0 radical (unpaired) electrons. The fourth-order valence-electron chi connectivity index (χ4n) is 8.79. The molecule has 3 aliphatic carbocycles. The van der Waals surface area contributed by atoms with Crippen LogP contribution in [0, 0.1) is 23.7 Å². The van der Waals surface area contributed by atoms with Gasteiger partial charge in [0.1, 0.15) is 15.6 Å². The molecule has 2 bridgehead atoms. The van der Waals surface area contributed by atoms with Gasteiger partial charge in [-0.2, -0.15) is 5.10 Å². The van der Waals surface area contributed by atoms with Crippen molar-refractivity contribution in [1.29, 1.82) is 0 Å². The molecule has 11 nitrogen and oxygen atoms in total. The minimum absolute atomic E-state index is 0.0477. The summed E-state index contributed by atoms with van der Waals surface area (Å²) < 4.78 is 35.9. The van der Waals surface area contributed by atoms with Gasteiger partial charge in [-0.05, 0) is 104 Å². The van der Waals surface area contributed by atoms with Crippen LogP contribution in [0.2, 0.25) is 5.02 Å². The SMILES string of the molecule is CO[C@H]1/C=C/C[C@H](C)[C@@H](C)S(=O)(NC(=O)c2cnn(C)c2)=NC(=O)c2ccc3c(n2)N(C[C@@H]2CC[C@H]21)C[C@]1(CO3)C[C@@H]2C[C@@H]2c2cc(Cl)ccc21. The first kappa shape index (κ1) is 34.4. The topological polar surface area (TPSA) is 128 Å². The van der Waals surface area contributed by atoms with Crippen molar-refractivity contribution in [3.05, 3.63) is 82.3 Å². The molecule has 1 unspecified atom stereocenters. The van der Waals surface area contributed by atoms with Crippen molar-refractivity contribution in [2.75, 3.05) is 31.7 Å². The first-order valence-electron chi connectivity index (χ1n) is 18.0. The third-order valence-corrected chi connectivity index (χ3v) is 14.7. The Morgan fingerprint density at radius 1 is 1.18 bits per heavy atom. The van der Waals surface area contributed by atoms with E-state index in [1.54, 1.807) is 33.2 Å². The van der Waals surface area contributed by atoms with Crippen molar-refractivity contribution in [3.8, 4) is 5.75 Å². The zero-order valence-electron chi connectivity index (χ0n) is 29.5. The number of aryl methyl sites for hydroxylation is 1. The molecule has 270 valence electrons. The second kappa shape index (κ2) is 13.0. The Kier molecular flexibility index (Phi) is 8.78. The van der Waals surface area contributed by atoms with E-state index in [-0.39, 0.29) is 28.7 Å². The summed E-state index contributed by atoms with van der Waals surface area (Å²) in [7, 11) is -0.184. The van der Waals surface area contributed by atoms with Crippen LogP contribution in [0.5, 0.6) is 5.75 Å². The number of rotatable bonds is 3. The lowest BCUT2D eigenvalue weighted by Gasteiger charge is -2.45. The van der Waals surface area contributed by atoms with Gasteiger partial charge in [0, 0.05) is 43.9 Å². The van der Waals surface area contributed by atoms with E-state index in [9.17, 15) is 13.8 Å². The number of pyridine rings is 1. The number of anilines is 1. The summed E-state index contributed by atoms with van der Waals surface area (Å²) in [6.45, 7) is 5.59. The highest BCUT2D eigenvalue weighted by Gasteiger charge is 2.54. The second-order valence-corrected chi connectivity index (χ2v) is 18.1. The lowest BCUT2D eigenvalue weighted by atomic mass is 9.68. The monoisotopic (exact) mass is 732 g/mol. The molecule has 3 aromatic rings.